The Balaban J connectivity index is 2.10. The Kier molecular flexibility index (Phi) is 3.72. The van der Waals surface area contributed by atoms with Crippen LogP contribution in [0.15, 0.2) is 24.3 Å². The van der Waals surface area contributed by atoms with Gasteiger partial charge in [-0.2, -0.15) is 0 Å². The van der Waals surface area contributed by atoms with Crippen molar-refractivity contribution in [3.8, 4) is 5.75 Å². The molecule has 0 aliphatic rings. The molecule has 2 rings (SSSR count). The summed E-state index contributed by atoms with van der Waals surface area (Å²) in [6.45, 7) is 5.42. The number of Topliss-reactive ketones (excluding diaryl/α,β-unsaturated/α-hetero) is 1. The molecule has 0 fully saturated rings. The highest BCUT2D eigenvalue weighted by Crippen LogP contribution is 2.25. The van der Waals surface area contributed by atoms with Crippen molar-refractivity contribution in [1.29, 1.82) is 0 Å². The number of hydrogen-bond acceptors (Lipinski definition) is 5. The van der Waals surface area contributed by atoms with E-state index in [1.54, 1.807) is 31.2 Å². The number of benzene rings is 1. The minimum Gasteiger partial charge on any atom is -0.485 e. The lowest BCUT2D eigenvalue weighted by Gasteiger charge is -2.13. The van der Waals surface area contributed by atoms with E-state index >= 15 is 0 Å². The molecule has 4 nitrogen and oxygen atoms in total. The summed E-state index contributed by atoms with van der Waals surface area (Å²) in [4.78, 5) is 12.2. The van der Waals surface area contributed by atoms with Gasteiger partial charge in [0.2, 0.25) is 0 Å². The fraction of sp³-hybridized carbons (Fsp3) is 0.308. The largest absolute Gasteiger partial charge is 0.485 e. The first-order valence-corrected chi connectivity index (χ1v) is 6.42. The number of hydrogen-bond donors (Lipinski definition) is 0. The molecule has 0 spiro atoms. The smallest absolute Gasteiger partial charge is 0.159 e. The molecule has 94 valence electrons. The van der Waals surface area contributed by atoms with Crippen LogP contribution >= 0.6 is 11.5 Å². The van der Waals surface area contributed by atoms with Gasteiger partial charge < -0.3 is 4.74 Å². The van der Waals surface area contributed by atoms with Crippen molar-refractivity contribution < 1.29 is 9.53 Å². The van der Waals surface area contributed by atoms with Gasteiger partial charge in [-0.25, -0.2) is 0 Å². The van der Waals surface area contributed by atoms with Crippen LogP contribution in [-0.4, -0.2) is 15.4 Å². The maximum absolute atomic E-state index is 11.2. The quantitative estimate of drug-likeness (QED) is 0.794. The maximum Gasteiger partial charge on any atom is 0.159 e. The SMILES string of the molecule is CC(=O)c1ccc(OC(C)c2snnc2C)cc1. The van der Waals surface area contributed by atoms with Gasteiger partial charge in [-0.05, 0) is 56.6 Å². The molecular weight excluding hydrogens is 248 g/mol. The van der Waals surface area contributed by atoms with Crippen molar-refractivity contribution in [2.24, 2.45) is 0 Å². The number of aromatic nitrogens is 2. The summed E-state index contributed by atoms with van der Waals surface area (Å²) in [5, 5.41) is 3.96. The Hall–Kier alpha value is -1.75. The van der Waals surface area contributed by atoms with E-state index in [9.17, 15) is 4.79 Å². The predicted octanol–water partition coefficient (Wildman–Crippen LogP) is 3.19. The fourth-order valence-electron chi connectivity index (χ4n) is 1.64. The van der Waals surface area contributed by atoms with Crippen molar-refractivity contribution in [2.45, 2.75) is 26.9 Å². The van der Waals surface area contributed by atoms with Crippen LogP contribution in [0.5, 0.6) is 5.75 Å². The van der Waals surface area contributed by atoms with Crippen molar-refractivity contribution >= 4 is 17.3 Å². The molecular formula is C13H14N2O2S. The van der Waals surface area contributed by atoms with Gasteiger partial charge in [0.15, 0.2) is 5.78 Å². The van der Waals surface area contributed by atoms with E-state index in [-0.39, 0.29) is 11.9 Å². The average Bonchev–Trinajstić information content (AvgIpc) is 2.76. The van der Waals surface area contributed by atoms with Crippen LogP contribution in [0.25, 0.3) is 0 Å². The summed E-state index contributed by atoms with van der Waals surface area (Å²) >= 11 is 1.34. The van der Waals surface area contributed by atoms with Crippen LogP contribution in [0.1, 0.15) is 40.9 Å². The molecule has 2 aromatic rings. The number of aryl methyl sites for hydroxylation is 1. The van der Waals surface area contributed by atoms with Crippen LogP contribution < -0.4 is 4.74 Å². The highest BCUT2D eigenvalue weighted by molar-refractivity contribution is 7.05. The van der Waals surface area contributed by atoms with Crippen molar-refractivity contribution in [3.63, 3.8) is 0 Å². The van der Waals surface area contributed by atoms with Gasteiger partial charge in [0.05, 0.1) is 10.6 Å². The lowest BCUT2D eigenvalue weighted by atomic mass is 10.1. The lowest BCUT2D eigenvalue weighted by molar-refractivity contribution is 0.101. The topological polar surface area (TPSA) is 52.1 Å². The molecule has 1 unspecified atom stereocenters. The van der Waals surface area contributed by atoms with E-state index in [1.807, 2.05) is 13.8 Å². The normalized spacial score (nSPS) is 12.2. The second kappa shape index (κ2) is 5.27. The molecule has 0 amide bonds. The molecule has 0 bridgehead atoms. The number of carbonyl (C=O) groups is 1. The standard InChI is InChI=1S/C13H14N2O2S/c1-8-13(18-15-14-8)10(3)17-12-6-4-11(5-7-12)9(2)16/h4-7,10H,1-3H3. The van der Waals surface area contributed by atoms with Crippen molar-refractivity contribution in [1.82, 2.24) is 9.59 Å². The monoisotopic (exact) mass is 262 g/mol. The fourth-order valence-corrected chi connectivity index (χ4v) is 2.26. The zero-order valence-corrected chi connectivity index (χ0v) is 11.3. The first-order valence-electron chi connectivity index (χ1n) is 5.64. The van der Waals surface area contributed by atoms with E-state index in [1.165, 1.54) is 11.5 Å². The van der Waals surface area contributed by atoms with Crippen LogP contribution in [0.3, 0.4) is 0 Å². The maximum atomic E-state index is 11.2. The summed E-state index contributed by atoms with van der Waals surface area (Å²) < 4.78 is 9.68. The van der Waals surface area contributed by atoms with Crippen LogP contribution in [0, 0.1) is 6.92 Å². The minimum absolute atomic E-state index is 0.0529. The molecule has 0 saturated heterocycles. The predicted molar refractivity (Wildman–Crippen MR) is 70.1 cm³/mol. The molecule has 1 heterocycles. The third-order valence-corrected chi connectivity index (χ3v) is 3.62. The van der Waals surface area contributed by atoms with Gasteiger partial charge in [-0.15, -0.1) is 5.10 Å². The molecule has 0 aliphatic carbocycles. The zero-order chi connectivity index (χ0) is 13.1. The Labute approximate surface area is 110 Å². The molecule has 0 radical (unpaired) electrons. The number of rotatable bonds is 4. The molecule has 0 aliphatic heterocycles. The van der Waals surface area contributed by atoms with E-state index in [2.05, 4.69) is 9.59 Å². The summed E-state index contributed by atoms with van der Waals surface area (Å²) in [6.07, 6.45) is -0.0896. The van der Waals surface area contributed by atoms with Gasteiger partial charge >= 0.3 is 0 Å². The number of ketones is 1. The lowest BCUT2D eigenvalue weighted by Crippen LogP contribution is -2.03. The summed E-state index contributed by atoms with van der Waals surface area (Å²) in [5.74, 6) is 0.789. The van der Waals surface area contributed by atoms with Crippen LogP contribution in [0.2, 0.25) is 0 Å². The van der Waals surface area contributed by atoms with Gasteiger partial charge in [-0.1, -0.05) is 4.49 Å². The molecule has 0 saturated carbocycles. The molecule has 5 heteroatoms. The Bertz CT molecular complexity index is 548. The molecule has 1 aromatic heterocycles. The summed E-state index contributed by atoms with van der Waals surface area (Å²) in [6, 6.07) is 7.14. The van der Waals surface area contributed by atoms with E-state index in [0.29, 0.717) is 5.56 Å². The third kappa shape index (κ3) is 2.73. The van der Waals surface area contributed by atoms with Gasteiger partial charge in [-0.3, -0.25) is 4.79 Å². The summed E-state index contributed by atoms with van der Waals surface area (Å²) in [5.41, 5.74) is 1.58. The second-order valence-electron chi connectivity index (χ2n) is 4.06. The second-order valence-corrected chi connectivity index (χ2v) is 4.85. The molecule has 18 heavy (non-hydrogen) atoms. The highest BCUT2D eigenvalue weighted by atomic mass is 32.1. The zero-order valence-electron chi connectivity index (χ0n) is 10.5. The first-order chi connectivity index (χ1) is 8.58. The molecule has 1 atom stereocenters. The van der Waals surface area contributed by atoms with E-state index in [0.717, 1.165) is 16.3 Å². The minimum atomic E-state index is -0.0896. The number of carbonyl (C=O) groups excluding carboxylic acids is 1. The number of nitrogens with zero attached hydrogens (tertiary/aromatic N) is 2. The van der Waals surface area contributed by atoms with Gasteiger partial charge in [0.25, 0.3) is 0 Å². The Morgan fingerprint density at radius 3 is 2.50 bits per heavy atom. The molecule has 0 N–H and O–H groups in total. The third-order valence-electron chi connectivity index (χ3n) is 2.63. The van der Waals surface area contributed by atoms with Gasteiger partial charge in [0, 0.05) is 5.56 Å². The van der Waals surface area contributed by atoms with E-state index in [4.69, 9.17) is 4.74 Å². The highest BCUT2D eigenvalue weighted by Gasteiger charge is 2.14. The van der Waals surface area contributed by atoms with Crippen molar-refractivity contribution in [3.05, 3.63) is 40.4 Å². The van der Waals surface area contributed by atoms with Crippen LogP contribution in [0.4, 0.5) is 0 Å². The number of ether oxygens (including phenoxy) is 1. The average molecular weight is 262 g/mol. The Morgan fingerprint density at radius 1 is 1.33 bits per heavy atom. The van der Waals surface area contributed by atoms with E-state index < -0.39 is 0 Å². The van der Waals surface area contributed by atoms with Gasteiger partial charge in [0.1, 0.15) is 11.9 Å². The Morgan fingerprint density at radius 2 is 2.00 bits per heavy atom. The summed E-state index contributed by atoms with van der Waals surface area (Å²) in [7, 11) is 0. The first kappa shape index (κ1) is 12.7. The van der Waals surface area contributed by atoms with Crippen molar-refractivity contribution in [2.75, 3.05) is 0 Å². The molecule has 1 aromatic carbocycles. The van der Waals surface area contributed by atoms with Crippen LogP contribution in [-0.2, 0) is 0 Å².